The van der Waals surface area contributed by atoms with Gasteiger partial charge in [0, 0.05) is 12.1 Å². The van der Waals surface area contributed by atoms with Gasteiger partial charge in [-0.2, -0.15) is 4.72 Å². The number of methoxy groups -OCH3 is 1. The number of rotatable bonds is 9. The Morgan fingerprint density at radius 1 is 1.06 bits per heavy atom. The van der Waals surface area contributed by atoms with Crippen molar-refractivity contribution in [1.29, 1.82) is 0 Å². The fraction of sp³-hybridized carbons (Fsp3) is 0.208. The first kappa shape index (κ1) is 24.9. The van der Waals surface area contributed by atoms with Crippen LogP contribution in [0.4, 0.5) is 11.4 Å². The number of nitro groups is 1. The molecule has 3 aromatic carbocycles. The topological polar surface area (TPSA) is 128 Å². The number of aryl methyl sites for hydroxylation is 2. The Balaban J connectivity index is 1.96. The predicted molar refractivity (Wildman–Crippen MR) is 128 cm³/mol. The van der Waals surface area contributed by atoms with Gasteiger partial charge in [0.05, 0.1) is 17.7 Å². The molecule has 3 aromatic rings. The van der Waals surface area contributed by atoms with Crippen molar-refractivity contribution in [2.45, 2.75) is 31.2 Å². The van der Waals surface area contributed by atoms with Crippen LogP contribution in [-0.2, 0) is 21.2 Å². The molecule has 0 unspecified atom stereocenters. The van der Waals surface area contributed by atoms with E-state index < -0.39 is 26.9 Å². The third-order valence-electron chi connectivity index (χ3n) is 5.20. The number of non-ortho nitro benzene ring substituents is 1. The van der Waals surface area contributed by atoms with Crippen molar-refractivity contribution in [2.24, 2.45) is 0 Å². The number of nitrogens with zero attached hydrogens (tertiary/aromatic N) is 1. The average Bonchev–Trinajstić information content (AvgIpc) is 2.80. The fourth-order valence-electron chi connectivity index (χ4n) is 3.36. The lowest BCUT2D eigenvalue weighted by atomic mass is 10.1. The second-order valence-electron chi connectivity index (χ2n) is 7.76. The summed E-state index contributed by atoms with van der Waals surface area (Å²) >= 11 is 0. The highest BCUT2D eigenvalue weighted by Gasteiger charge is 2.29. The first-order chi connectivity index (χ1) is 16.1. The number of hydrogen-bond acceptors (Lipinski definition) is 6. The van der Waals surface area contributed by atoms with Gasteiger partial charge in [0.15, 0.2) is 0 Å². The zero-order valence-electron chi connectivity index (χ0n) is 18.9. The molecule has 0 saturated carbocycles. The highest BCUT2D eigenvalue weighted by Crippen LogP contribution is 2.26. The number of benzene rings is 3. The lowest BCUT2D eigenvalue weighted by Crippen LogP contribution is -2.45. The molecular formula is C24H25N3O6S. The van der Waals surface area contributed by atoms with Crippen molar-refractivity contribution in [3.8, 4) is 5.75 Å². The fourth-order valence-corrected chi connectivity index (χ4v) is 4.81. The molecule has 0 saturated heterocycles. The molecule has 0 heterocycles. The minimum Gasteiger partial charge on any atom is -0.495 e. The van der Waals surface area contributed by atoms with Gasteiger partial charge in [0.25, 0.3) is 5.69 Å². The van der Waals surface area contributed by atoms with Crippen molar-refractivity contribution >= 4 is 27.3 Å². The number of hydrogen-bond donors (Lipinski definition) is 2. The van der Waals surface area contributed by atoms with Gasteiger partial charge >= 0.3 is 0 Å². The lowest BCUT2D eigenvalue weighted by Gasteiger charge is -2.20. The highest BCUT2D eigenvalue weighted by molar-refractivity contribution is 7.89. The normalized spacial score (nSPS) is 12.1. The molecule has 2 N–H and O–H groups in total. The molecule has 178 valence electrons. The van der Waals surface area contributed by atoms with Crippen LogP contribution in [-0.4, -0.2) is 32.4 Å². The van der Waals surface area contributed by atoms with E-state index in [-0.39, 0.29) is 28.4 Å². The van der Waals surface area contributed by atoms with Crippen molar-refractivity contribution in [2.75, 3.05) is 12.4 Å². The molecule has 3 rings (SSSR count). The summed E-state index contributed by atoms with van der Waals surface area (Å²) in [4.78, 5) is 23.7. The van der Waals surface area contributed by atoms with Crippen LogP contribution in [0.2, 0.25) is 0 Å². The van der Waals surface area contributed by atoms with E-state index in [1.165, 1.54) is 31.4 Å². The Hall–Kier alpha value is -3.76. The molecule has 0 bridgehead atoms. The van der Waals surface area contributed by atoms with Gasteiger partial charge in [-0.15, -0.1) is 0 Å². The Labute approximate surface area is 198 Å². The SMILES string of the molecule is COc1ccc(C)cc1S(=O)(=O)N[C@H](Cc1ccccc1)C(=O)Nc1cc([N+](=O)[O-])ccc1C. The van der Waals surface area contributed by atoms with Crippen LogP contribution in [0.25, 0.3) is 0 Å². The smallest absolute Gasteiger partial charge is 0.271 e. The van der Waals surface area contributed by atoms with E-state index in [0.717, 1.165) is 5.56 Å². The number of carbonyl (C=O) groups is 1. The summed E-state index contributed by atoms with van der Waals surface area (Å²) in [6.45, 7) is 3.44. The number of nitro benzene ring substituents is 1. The quantitative estimate of drug-likeness (QED) is 0.352. The molecule has 10 heteroatoms. The minimum absolute atomic E-state index is 0.0635. The predicted octanol–water partition coefficient (Wildman–Crippen LogP) is 3.75. The summed E-state index contributed by atoms with van der Waals surface area (Å²) in [5, 5.41) is 13.8. The van der Waals surface area contributed by atoms with E-state index in [0.29, 0.717) is 11.1 Å². The average molecular weight is 484 g/mol. The number of sulfonamides is 1. The maximum Gasteiger partial charge on any atom is 0.271 e. The summed E-state index contributed by atoms with van der Waals surface area (Å²) < 4.78 is 34.2. The van der Waals surface area contributed by atoms with Crippen LogP contribution in [0.5, 0.6) is 5.75 Å². The van der Waals surface area contributed by atoms with Crippen molar-refractivity contribution < 1.29 is 22.9 Å². The molecular weight excluding hydrogens is 458 g/mol. The Morgan fingerprint density at radius 3 is 2.41 bits per heavy atom. The molecule has 0 aliphatic heterocycles. The first-order valence-corrected chi connectivity index (χ1v) is 11.9. The van der Waals surface area contributed by atoms with Crippen LogP contribution in [0.1, 0.15) is 16.7 Å². The first-order valence-electron chi connectivity index (χ1n) is 10.4. The van der Waals surface area contributed by atoms with Crippen molar-refractivity contribution in [3.63, 3.8) is 0 Å². The van der Waals surface area contributed by atoms with Crippen LogP contribution in [0, 0.1) is 24.0 Å². The van der Waals surface area contributed by atoms with Crippen LogP contribution >= 0.6 is 0 Å². The second kappa shape index (κ2) is 10.4. The molecule has 0 aliphatic rings. The van der Waals surface area contributed by atoms with Gasteiger partial charge in [-0.25, -0.2) is 8.42 Å². The molecule has 0 spiro atoms. The molecule has 1 amide bonds. The molecule has 1 atom stereocenters. The molecule has 0 aliphatic carbocycles. The number of amides is 1. The van der Waals surface area contributed by atoms with E-state index in [4.69, 9.17) is 4.74 Å². The number of carbonyl (C=O) groups excluding carboxylic acids is 1. The standard InChI is InChI=1S/C24H25N3O6S/c1-16-9-12-22(33-3)23(13-16)34(31,32)26-21(14-18-7-5-4-6-8-18)24(28)25-20-15-19(27(29)30)11-10-17(20)2/h4-13,15,21,26H,14H2,1-3H3,(H,25,28)/t21-/m1/s1. The maximum atomic E-state index is 13.3. The van der Waals surface area contributed by atoms with Crippen LogP contribution in [0.15, 0.2) is 71.6 Å². The molecule has 0 radical (unpaired) electrons. The molecule has 9 nitrogen and oxygen atoms in total. The van der Waals surface area contributed by atoms with Gasteiger partial charge in [0.2, 0.25) is 15.9 Å². The third kappa shape index (κ3) is 5.97. The van der Waals surface area contributed by atoms with Crippen molar-refractivity contribution in [1.82, 2.24) is 4.72 Å². The summed E-state index contributed by atoms with van der Waals surface area (Å²) in [7, 11) is -2.79. The van der Waals surface area contributed by atoms with E-state index in [2.05, 4.69) is 10.0 Å². The maximum absolute atomic E-state index is 13.3. The summed E-state index contributed by atoms with van der Waals surface area (Å²) in [5.74, 6) is -0.505. The van der Waals surface area contributed by atoms with Crippen LogP contribution in [0.3, 0.4) is 0 Å². The monoisotopic (exact) mass is 483 g/mol. The van der Waals surface area contributed by atoms with Gasteiger partial charge in [0.1, 0.15) is 16.7 Å². The van der Waals surface area contributed by atoms with Gasteiger partial charge < -0.3 is 10.1 Å². The van der Waals surface area contributed by atoms with Crippen LogP contribution < -0.4 is 14.8 Å². The molecule has 34 heavy (non-hydrogen) atoms. The Kier molecular flexibility index (Phi) is 7.64. The van der Waals surface area contributed by atoms with E-state index >= 15 is 0 Å². The minimum atomic E-state index is -4.16. The zero-order valence-corrected chi connectivity index (χ0v) is 19.8. The molecule has 0 fully saturated rings. The van der Waals surface area contributed by atoms with Gasteiger partial charge in [-0.3, -0.25) is 14.9 Å². The Bertz CT molecular complexity index is 1310. The largest absolute Gasteiger partial charge is 0.495 e. The molecule has 0 aromatic heterocycles. The summed E-state index contributed by atoms with van der Waals surface area (Å²) in [5.41, 5.74) is 2.07. The van der Waals surface area contributed by atoms with E-state index in [1.54, 1.807) is 50.2 Å². The highest BCUT2D eigenvalue weighted by atomic mass is 32.2. The summed E-state index contributed by atoms with van der Waals surface area (Å²) in [6.07, 6.45) is 0.0635. The Morgan fingerprint density at radius 2 is 1.76 bits per heavy atom. The van der Waals surface area contributed by atoms with E-state index in [9.17, 15) is 23.3 Å². The number of nitrogens with one attached hydrogen (secondary N) is 2. The van der Waals surface area contributed by atoms with E-state index in [1.807, 2.05) is 6.07 Å². The second-order valence-corrected chi connectivity index (χ2v) is 9.45. The number of anilines is 1. The van der Waals surface area contributed by atoms with Gasteiger partial charge in [-0.1, -0.05) is 42.5 Å². The number of ether oxygens (including phenoxy) is 1. The summed E-state index contributed by atoms with van der Waals surface area (Å²) in [6, 6.07) is 16.6. The third-order valence-corrected chi connectivity index (χ3v) is 6.69. The lowest BCUT2D eigenvalue weighted by molar-refractivity contribution is -0.384. The van der Waals surface area contributed by atoms with Crippen molar-refractivity contribution in [3.05, 3.63) is 93.5 Å². The zero-order chi connectivity index (χ0) is 24.9. The van der Waals surface area contributed by atoms with Gasteiger partial charge in [-0.05, 0) is 49.1 Å².